The Hall–Kier alpha value is -7.63. The van der Waals surface area contributed by atoms with Gasteiger partial charge in [-0.05, 0) is 47.0 Å². The van der Waals surface area contributed by atoms with E-state index in [0.717, 1.165) is 72.0 Å². The van der Waals surface area contributed by atoms with Crippen LogP contribution in [-0.2, 0) is 0 Å². The first kappa shape index (κ1) is 31.9. The summed E-state index contributed by atoms with van der Waals surface area (Å²) >= 11 is 0. The second kappa shape index (κ2) is 13.0. The molecule has 0 aliphatic heterocycles. The van der Waals surface area contributed by atoms with Crippen LogP contribution in [0.3, 0.4) is 0 Å². The first-order chi connectivity index (χ1) is 27.8. The van der Waals surface area contributed by atoms with E-state index in [4.69, 9.17) is 19.4 Å². The maximum absolute atomic E-state index is 7.21. The summed E-state index contributed by atoms with van der Waals surface area (Å²) in [5, 5.41) is 4.32. The third-order valence-corrected chi connectivity index (χ3v) is 10.7. The monoisotopic (exact) mass is 716 g/mol. The molecule has 0 radical (unpaired) electrons. The van der Waals surface area contributed by atoms with E-state index in [2.05, 4.69) is 132 Å². The Kier molecular flexibility index (Phi) is 7.42. The lowest BCUT2D eigenvalue weighted by molar-refractivity contribution is 0.667. The fourth-order valence-corrected chi connectivity index (χ4v) is 8.06. The Morgan fingerprint density at radius 3 is 1.55 bits per heavy atom. The van der Waals surface area contributed by atoms with Crippen molar-refractivity contribution in [3.63, 3.8) is 0 Å². The van der Waals surface area contributed by atoms with Crippen molar-refractivity contribution in [2.24, 2.45) is 0 Å². The van der Waals surface area contributed by atoms with E-state index in [-0.39, 0.29) is 0 Å². The molecular formula is C51H32N4O. The minimum absolute atomic E-state index is 0.583. The van der Waals surface area contributed by atoms with Gasteiger partial charge < -0.3 is 8.98 Å². The van der Waals surface area contributed by atoms with Gasteiger partial charge in [0.2, 0.25) is 0 Å². The van der Waals surface area contributed by atoms with E-state index in [1.807, 2.05) is 66.7 Å². The number of hydrogen-bond acceptors (Lipinski definition) is 4. The summed E-state index contributed by atoms with van der Waals surface area (Å²) in [5.74, 6) is 1.81. The molecule has 0 fully saturated rings. The van der Waals surface area contributed by atoms with Crippen LogP contribution in [0.1, 0.15) is 0 Å². The largest absolute Gasteiger partial charge is 0.453 e. The average molecular weight is 717 g/mol. The molecule has 262 valence electrons. The molecule has 0 N–H and O–H groups in total. The highest BCUT2D eigenvalue weighted by molar-refractivity contribution is 6.18. The number of furan rings is 1. The molecule has 0 saturated carbocycles. The van der Waals surface area contributed by atoms with Gasteiger partial charge in [-0.15, -0.1) is 0 Å². The summed E-state index contributed by atoms with van der Waals surface area (Å²) in [7, 11) is 0. The summed E-state index contributed by atoms with van der Waals surface area (Å²) in [6.45, 7) is 0. The topological polar surface area (TPSA) is 56.7 Å². The number of para-hydroxylation sites is 2. The molecule has 5 heteroatoms. The standard InChI is InChI=1S/C51H32N4O/c1-5-16-33(17-6-1)37-28-29-40-39-24-13-14-26-43(39)55(45(40)32-37)44-27-15-25-41-46-42(31-30-38(48(46)56-47(41)44)34-18-7-2-8-19-34)51-53-49(35-20-9-3-10-21-35)52-50(54-51)36-22-11-4-12-23-36/h1-32H. The van der Waals surface area contributed by atoms with Crippen molar-refractivity contribution in [2.45, 2.75) is 0 Å². The molecule has 11 rings (SSSR count). The van der Waals surface area contributed by atoms with Crippen molar-refractivity contribution in [1.29, 1.82) is 0 Å². The van der Waals surface area contributed by atoms with Gasteiger partial charge in [-0.3, -0.25) is 0 Å². The summed E-state index contributed by atoms with van der Waals surface area (Å²) in [6.07, 6.45) is 0. The minimum atomic E-state index is 0.583. The molecule has 0 aliphatic rings. The zero-order chi connectivity index (χ0) is 37.0. The normalized spacial score (nSPS) is 11.6. The van der Waals surface area contributed by atoms with E-state index >= 15 is 0 Å². The quantitative estimate of drug-likeness (QED) is 0.172. The van der Waals surface area contributed by atoms with Crippen molar-refractivity contribution < 1.29 is 4.42 Å². The van der Waals surface area contributed by atoms with Gasteiger partial charge in [-0.2, -0.15) is 0 Å². The number of rotatable bonds is 6. The van der Waals surface area contributed by atoms with Gasteiger partial charge >= 0.3 is 0 Å². The van der Waals surface area contributed by atoms with Crippen molar-refractivity contribution in [1.82, 2.24) is 19.5 Å². The third kappa shape index (κ3) is 5.21. The van der Waals surface area contributed by atoms with Crippen LogP contribution in [0.15, 0.2) is 199 Å². The lowest BCUT2D eigenvalue weighted by atomic mass is 9.98. The first-order valence-corrected chi connectivity index (χ1v) is 18.8. The van der Waals surface area contributed by atoms with Gasteiger partial charge in [-0.25, -0.2) is 15.0 Å². The Bertz CT molecular complexity index is 3170. The summed E-state index contributed by atoms with van der Waals surface area (Å²) in [4.78, 5) is 15.3. The molecule has 0 atom stereocenters. The van der Waals surface area contributed by atoms with Gasteiger partial charge in [0, 0.05) is 43.8 Å². The van der Waals surface area contributed by atoms with Crippen LogP contribution in [0, 0.1) is 0 Å². The van der Waals surface area contributed by atoms with Crippen LogP contribution < -0.4 is 0 Å². The molecule has 0 unspecified atom stereocenters. The Labute approximate surface area is 322 Å². The van der Waals surface area contributed by atoms with Crippen molar-refractivity contribution >= 4 is 43.7 Å². The van der Waals surface area contributed by atoms with Crippen molar-refractivity contribution in [3.05, 3.63) is 194 Å². The van der Waals surface area contributed by atoms with Crippen LogP contribution >= 0.6 is 0 Å². The number of nitrogens with zero attached hydrogens (tertiary/aromatic N) is 4. The number of fused-ring (bicyclic) bond motifs is 6. The second-order valence-corrected chi connectivity index (χ2v) is 14.0. The van der Waals surface area contributed by atoms with Crippen LogP contribution in [0.5, 0.6) is 0 Å². The molecule has 8 aromatic carbocycles. The van der Waals surface area contributed by atoms with E-state index in [0.29, 0.717) is 17.5 Å². The zero-order valence-electron chi connectivity index (χ0n) is 30.2. The second-order valence-electron chi connectivity index (χ2n) is 14.0. The molecule has 0 aliphatic carbocycles. The fourth-order valence-electron chi connectivity index (χ4n) is 8.06. The third-order valence-electron chi connectivity index (χ3n) is 10.7. The van der Waals surface area contributed by atoms with Gasteiger partial charge in [0.1, 0.15) is 5.58 Å². The summed E-state index contributed by atoms with van der Waals surface area (Å²) < 4.78 is 9.56. The molecule has 3 heterocycles. The molecule has 11 aromatic rings. The SMILES string of the molecule is c1ccc(-c2ccc3c4ccccc4n(-c4cccc5c4oc4c(-c6ccccc6)ccc(-c6nc(-c7ccccc7)nc(-c7ccccc7)n6)c45)c3c2)cc1. The molecule has 56 heavy (non-hydrogen) atoms. The Balaban J connectivity index is 1.22. The number of aromatic nitrogens is 4. The Morgan fingerprint density at radius 1 is 0.339 bits per heavy atom. The Morgan fingerprint density at radius 2 is 0.875 bits per heavy atom. The predicted octanol–water partition coefficient (Wildman–Crippen LogP) is 13.2. The van der Waals surface area contributed by atoms with Crippen molar-refractivity contribution in [2.75, 3.05) is 0 Å². The molecule has 0 amide bonds. The summed E-state index contributed by atoms with van der Waals surface area (Å²) in [6, 6.07) is 67.3. The predicted molar refractivity (Wildman–Crippen MR) is 229 cm³/mol. The molecular weight excluding hydrogens is 685 g/mol. The zero-order valence-corrected chi connectivity index (χ0v) is 30.2. The lowest BCUT2D eigenvalue weighted by Gasteiger charge is -2.11. The molecule has 5 nitrogen and oxygen atoms in total. The van der Waals surface area contributed by atoms with Crippen LogP contribution in [0.25, 0.3) is 106 Å². The maximum atomic E-state index is 7.21. The molecule has 3 aromatic heterocycles. The smallest absolute Gasteiger partial charge is 0.164 e. The van der Waals surface area contributed by atoms with Crippen LogP contribution in [0.4, 0.5) is 0 Å². The highest BCUT2D eigenvalue weighted by atomic mass is 16.3. The highest BCUT2D eigenvalue weighted by Gasteiger charge is 2.24. The van der Waals surface area contributed by atoms with Gasteiger partial charge in [0.25, 0.3) is 0 Å². The van der Waals surface area contributed by atoms with Gasteiger partial charge in [0.05, 0.1) is 16.7 Å². The minimum Gasteiger partial charge on any atom is -0.453 e. The number of benzene rings is 8. The highest BCUT2D eigenvalue weighted by Crippen LogP contribution is 2.45. The molecule has 0 bridgehead atoms. The van der Waals surface area contributed by atoms with E-state index in [1.54, 1.807) is 0 Å². The van der Waals surface area contributed by atoms with Crippen molar-refractivity contribution in [3.8, 4) is 62.1 Å². The van der Waals surface area contributed by atoms with Gasteiger partial charge in [-0.1, -0.05) is 164 Å². The van der Waals surface area contributed by atoms with E-state index in [1.165, 1.54) is 16.3 Å². The summed E-state index contributed by atoms with van der Waals surface area (Å²) in [5.41, 5.74) is 11.9. The van der Waals surface area contributed by atoms with E-state index in [9.17, 15) is 0 Å². The van der Waals surface area contributed by atoms with E-state index < -0.39 is 0 Å². The van der Waals surface area contributed by atoms with Crippen LogP contribution in [-0.4, -0.2) is 19.5 Å². The van der Waals surface area contributed by atoms with Gasteiger partial charge in [0.15, 0.2) is 23.1 Å². The average Bonchev–Trinajstić information content (AvgIpc) is 3.83. The maximum Gasteiger partial charge on any atom is 0.164 e. The van der Waals surface area contributed by atoms with Crippen LogP contribution in [0.2, 0.25) is 0 Å². The fraction of sp³-hybridized carbons (Fsp3) is 0. The molecule has 0 saturated heterocycles. The first-order valence-electron chi connectivity index (χ1n) is 18.8. The number of hydrogen-bond donors (Lipinski definition) is 0. The molecule has 0 spiro atoms. The lowest BCUT2D eigenvalue weighted by Crippen LogP contribution is -2.00.